The second kappa shape index (κ2) is 7.31. The molecule has 126 valence electrons. The van der Waals surface area contributed by atoms with Crippen LogP contribution in [0.3, 0.4) is 0 Å². The highest BCUT2D eigenvalue weighted by atomic mass is 32.2. The first kappa shape index (κ1) is 16.9. The fourth-order valence-corrected chi connectivity index (χ4v) is 3.13. The number of amides is 2. The van der Waals surface area contributed by atoms with E-state index in [1.807, 2.05) is 30.3 Å². The lowest BCUT2D eigenvalue weighted by molar-refractivity contribution is -0.110. The normalized spacial score (nSPS) is 15.9. The first-order valence-corrected chi connectivity index (χ1v) is 8.35. The van der Waals surface area contributed by atoms with Gasteiger partial charge in [-0.05, 0) is 11.6 Å². The van der Waals surface area contributed by atoms with Gasteiger partial charge in [0.25, 0.3) is 11.1 Å². The number of aldehydes is 1. The molecule has 0 spiro atoms. The molecular formula is C18H15N3O3S. The van der Waals surface area contributed by atoms with Gasteiger partial charge in [0.2, 0.25) is 0 Å². The van der Waals surface area contributed by atoms with Crippen LogP contribution in [0.2, 0.25) is 0 Å². The molecule has 0 aliphatic carbocycles. The van der Waals surface area contributed by atoms with Crippen LogP contribution < -0.4 is 5.73 Å². The zero-order valence-electron chi connectivity index (χ0n) is 13.2. The van der Waals surface area contributed by atoms with E-state index in [2.05, 4.69) is 4.40 Å². The Morgan fingerprint density at radius 1 is 1.12 bits per heavy atom. The third kappa shape index (κ3) is 3.46. The molecule has 25 heavy (non-hydrogen) atoms. The van der Waals surface area contributed by atoms with Gasteiger partial charge in [-0.2, -0.15) is 4.40 Å². The van der Waals surface area contributed by atoms with Gasteiger partial charge in [-0.3, -0.25) is 14.5 Å². The third-order valence-electron chi connectivity index (χ3n) is 3.84. The van der Waals surface area contributed by atoms with E-state index in [9.17, 15) is 14.4 Å². The van der Waals surface area contributed by atoms with Crippen molar-refractivity contribution < 1.29 is 14.4 Å². The summed E-state index contributed by atoms with van der Waals surface area (Å²) in [4.78, 5) is 37.0. The topological polar surface area (TPSA) is 92.8 Å². The number of nitrogens with zero attached hydrogens (tertiary/aromatic N) is 2. The number of benzene rings is 2. The minimum Gasteiger partial charge on any atom is -0.359 e. The predicted molar refractivity (Wildman–Crippen MR) is 96.3 cm³/mol. The quantitative estimate of drug-likeness (QED) is 0.660. The van der Waals surface area contributed by atoms with E-state index in [-0.39, 0.29) is 11.7 Å². The Kier molecular flexibility index (Phi) is 4.95. The first-order chi connectivity index (χ1) is 12.1. The van der Waals surface area contributed by atoms with Gasteiger partial charge in [0, 0.05) is 12.0 Å². The Labute approximate surface area is 148 Å². The highest BCUT2D eigenvalue weighted by Gasteiger charge is 2.38. The number of rotatable bonds is 5. The molecule has 6 nitrogen and oxygen atoms in total. The molecule has 1 aliphatic rings. The van der Waals surface area contributed by atoms with Crippen LogP contribution in [0.1, 0.15) is 21.5 Å². The van der Waals surface area contributed by atoms with Crippen LogP contribution in [-0.4, -0.2) is 34.2 Å². The number of nitrogens with two attached hydrogens (primary N) is 1. The molecule has 0 fully saturated rings. The fraction of sp³-hybridized carbons (Fsp3) is 0.111. The van der Waals surface area contributed by atoms with Gasteiger partial charge in [0.1, 0.15) is 6.29 Å². The predicted octanol–water partition coefficient (Wildman–Crippen LogP) is 2.43. The van der Waals surface area contributed by atoms with Crippen LogP contribution in [0.25, 0.3) is 0 Å². The highest BCUT2D eigenvalue weighted by molar-refractivity contribution is 8.12. The van der Waals surface area contributed by atoms with Crippen molar-refractivity contribution in [1.29, 1.82) is 0 Å². The lowest BCUT2D eigenvalue weighted by Gasteiger charge is -2.23. The molecule has 2 N–H and O–H groups in total. The van der Waals surface area contributed by atoms with Gasteiger partial charge in [-0.25, -0.2) is 0 Å². The molecule has 0 radical (unpaired) electrons. The molecular weight excluding hydrogens is 338 g/mol. The van der Waals surface area contributed by atoms with Gasteiger partial charge >= 0.3 is 0 Å². The second-order valence-electron chi connectivity index (χ2n) is 5.44. The van der Waals surface area contributed by atoms with E-state index in [0.29, 0.717) is 29.5 Å². The van der Waals surface area contributed by atoms with E-state index in [1.54, 1.807) is 24.3 Å². The highest BCUT2D eigenvalue weighted by Crippen LogP contribution is 2.27. The summed E-state index contributed by atoms with van der Waals surface area (Å²) in [7, 11) is 0. The van der Waals surface area contributed by atoms with E-state index < -0.39 is 11.3 Å². The number of hydrogen-bond donors (Lipinski definition) is 1. The molecule has 1 heterocycles. The van der Waals surface area contributed by atoms with E-state index in [4.69, 9.17) is 5.73 Å². The van der Waals surface area contributed by atoms with Gasteiger partial charge in [-0.15, -0.1) is 0 Å². The minimum atomic E-state index is -0.727. The molecule has 1 atom stereocenters. The van der Waals surface area contributed by atoms with Crippen molar-refractivity contribution in [1.82, 2.24) is 4.90 Å². The van der Waals surface area contributed by atoms with Crippen molar-refractivity contribution in [2.45, 2.75) is 12.5 Å². The molecule has 1 unspecified atom stereocenters. The molecule has 7 heteroatoms. The molecule has 2 amide bonds. The van der Waals surface area contributed by atoms with Gasteiger partial charge in [0.15, 0.2) is 5.84 Å². The van der Waals surface area contributed by atoms with Crippen LogP contribution in [0.5, 0.6) is 0 Å². The summed E-state index contributed by atoms with van der Waals surface area (Å²) in [5.74, 6) is -0.0371. The van der Waals surface area contributed by atoms with Crippen molar-refractivity contribution in [2.75, 3.05) is 0 Å². The van der Waals surface area contributed by atoms with Gasteiger partial charge in [0.05, 0.1) is 23.6 Å². The maximum Gasteiger partial charge on any atom is 0.299 e. The summed E-state index contributed by atoms with van der Waals surface area (Å²) in [6, 6.07) is 15.6. The Hall–Kier alpha value is -2.93. The van der Waals surface area contributed by atoms with Crippen LogP contribution in [0.4, 0.5) is 4.79 Å². The number of primary amides is 1. The fourth-order valence-electron chi connectivity index (χ4n) is 2.77. The smallest absolute Gasteiger partial charge is 0.299 e. The maximum absolute atomic E-state index is 12.8. The molecule has 3 rings (SSSR count). The zero-order valence-corrected chi connectivity index (χ0v) is 14.0. The van der Waals surface area contributed by atoms with Crippen LogP contribution >= 0.6 is 11.9 Å². The SMILES string of the molecule is NC(=O)S/N=C1/c2ccccc2C(=O)N1C(C=O)Cc1ccccc1. The average molecular weight is 353 g/mol. The molecule has 0 bridgehead atoms. The number of fused-ring (bicyclic) bond motifs is 1. The first-order valence-electron chi connectivity index (χ1n) is 7.58. The molecule has 0 saturated carbocycles. The summed E-state index contributed by atoms with van der Waals surface area (Å²) in [6.45, 7) is 0. The monoisotopic (exact) mass is 353 g/mol. The molecule has 0 saturated heterocycles. The zero-order chi connectivity index (χ0) is 17.8. The number of hydrogen-bond acceptors (Lipinski definition) is 5. The summed E-state index contributed by atoms with van der Waals surface area (Å²) in [5, 5.41) is -0.685. The number of amidine groups is 1. The summed E-state index contributed by atoms with van der Waals surface area (Å²) >= 11 is 0.549. The molecule has 2 aromatic carbocycles. The van der Waals surface area contributed by atoms with Crippen molar-refractivity contribution in [2.24, 2.45) is 10.1 Å². The summed E-state index contributed by atoms with van der Waals surface area (Å²) in [5.41, 5.74) is 7.10. The van der Waals surface area contributed by atoms with Crippen molar-refractivity contribution in [3.05, 3.63) is 71.3 Å². The van der Waals surface area contributed by atoms with Crippen LogP contribution in [-0.2, 0) is 11.2 Å². The molecule has 2 aromatic rings. The van der Waals surface area contributed by atoms with E-state index in [1.165, 1.54) is 4.90 Å². The van der Waals surface area contributed by atoms with Gasteiger partial charge in [-0.1, -0.05) is 48.5 Å². The lowest BCUT2D eigenvalue weighted by Crippen LogP contribution is -2.42. The maximum atomic E-state index is 12.8. The third-order valence-corrected chi connectivity index (χ3v) is 4.29. The number of carbonyl (C=O) groups excluding carboxylic acids is 3. The Bertz CT molecular complexity index is 852. The van der Waals surface area contributed by atoms with Crippen LogP contribution in [0, 0.1) is 0 Å². The largest absolute Gasteiger partial charge is 0.359 e. The lowest BCUT2D eigenvalue weighted by atomic mass is 10.1. The van der Waals surface area contributed by atoms with Gasteiger partial charge < -0.3 is 10.5 Å². The Morgan fingerprint density at radius 2 is 1.76 bits per heavy atom. The summed E-state index contributed by atoms with van der Waals surface area (Å²) < 4.78 is 4.11. The van der Waals surface area contributed by atoms with Crippen LogP contribution in [0.15, 0.2) is 59.0 Å². The standard InChI is InChI=1S/C18H15N3O3S/c19-18(24)25-20-16-14-8-4-5-9-15(14)17(23)21(16)13(11-22)10-12-6-2-1-3-7-12/h1-9,11,13H,10H2,(H2,19,24)/b20-16-. The molecule has 1 aliphatic heterocycles. The molecule has 0 aromatic heterocycles. The second-order valence-corrected chi connectivity index (χ2v) is 6.21. The van der Waals surface area contributed by atoms with Crippen molar-refractivity contribution in [3.8, 4) is 0 Å². The Morgan fingerprint density at radius 3 is 2.40 bits per heavy atom. The van der Waals surface area contributed by atoms with Crippen molar-refractivity contribution >= 4 is 35.2 Å². The van der Waals surface area contributed by atoms with E-state index >= 15 is 0 Å². The Balaban J connectivity index is 1.99. The summed E-state index contributed by atoms with van der Waals surface area (Å²) in [6.07, 6.45) is 1.07. The van der Waals surface area contributed by atoms with Crippen molar-refractivity contribution in [3.63, 3.8) is 0 Å². The minimum absolute atomic E-state index is 0.275. The average Bonchev–Trinajstić information content (AvgIpc) is 2.91. The van der Waals surface area contributed by atoms with E-state index in [0.717, 1.165) is 11.8 Å². The number of carbonyl (C=O) groups is 3.